The number of carbonyl (C=O) groups excluding carboxylic acids is 1. The van der Waals surface area contributed by atoms with Gasteiger partial charge >= 0.3 is 0 Å². The lowest BCUT2D eigenvalue weighted by atomic mass is 10.1. The number of ether oxygens (including phenoxy) is 2. The van der Waals surface area contributed by atoms with Crippen molar-refractivity contribution in [2.24, 2.45) is 13.0 Å². The third-order valence-electron chi connectivity index (χ3n) is 6.68. The number of hydrogen-bond acceptors (Lipinski definition) is 7. The molecule has 0 bridgehead atoms. The number of nitrogens with zero attached hydrogens (tertiary/aromatic N) is 4. The monoisotopic (exact) mass is 482 g/mol. The van der Waals surface area contributed by atoms with Gasteiger partial charge in [0.25, 0.3) is 0 Å². The van der Waals surface area contributed by atoms with Gasteiger partial charge in [-0.25, -0.2) is 0 Å². The molecule has 1 amide bonds. The van der Waals surface area contributed by atoms with Crippen molar-refractivity contribution in [3.63, 3.8) is 0 Å². The third-order valence-corrected chi connectivity index (χ3v) is 6.68. The van der Waals surface area contributed by atoms with Crippen LogP contribution in [-0.4, -0.2) is 100 Å². The normalized spacial score (nSPS) is 24.4. The lowest BCUT2D eigenvalue weighted by molar-refractivity contribution is -0.140. The first-order valence-corrected chi connectivity index (χ1v) is 12.6. The fraction of sp³-hybridized carbons (Fsp3) is 0.840. The molecule has 9 heteroatoms. The molecule has 0 saturated carbocycles. The minimum atomic E-state index is -1.13. The van der Waals surface area contributed by atoms with Gasteiger partial charge in [-0.3, -0.25) is 14.4 Å². The number of aromatic nitrogens is 2. The van der Waals surface area contributed by atoms with Crippen molar-refractivity contribution in [1.29, 1.82) is 0 Å². The molecular weight excluding hydrogens is 436 g/mol. The van der Waals surface area contributed by atoms with E-state index in [9.17, 15) is 15.0 Å². The van der Waals surface area contributed by atoms with E-state index in [-0.39, 0.29) is 19.1 Å². The van der Waals surface area contributed by atoms with E-state index in [0.717, 1.165) is 43.7 Å². The van der Waals surface area contributed by atoms with E-state index in [1.54, 1.807) is 11.8 Å². The van der Waals surface area contributed by atoms with Gasteiger partial charge in [-0.15, -0.1) is 0 Å². The van der Waals surface area contributed by atoms with E-state index in [1.807, 2.05) is 18.7 Å². The highest BCUT2D eigenvalue weighted by atomic mass is 16.5. The summed E-state index contributed by atoms with van der Waals surface area (Å²) in [6.45, 7) is 14.0. The first-order chi connectivity index (χ1) is 16.1. The average Bonchev–Trinajstić information content (AvgIpc) is 3.01. The molecule has 1 fully saturated rings. The molecule has 1 aromatic heterocycles. The average molecular weight is 483 g/mol. The van der Waals surface area contributed by atoms with Crippen LogP contribution in [0.2, 0.25) is 0 Å². The Kier molecular flexibility index (Phi) is 11.9. The summed E-state index contributed by atoms with van der Waals surface area (Å²) < 4.78 is 13.5. The number of aliphatic hydroxyl groups is 2. The van der Waals surface area contributed by atoms with Crippen LogP contribution in [0.1, 0.15) is 57.0 Å². The minimum Gasteiger partial charge on any atom is -0.388 e. The Morgan fingerprint density at radius 3 is 2.56 bits per heavy atom. The van der Waals surface area contributed by atoms with Crippen LogP contribution in [0.15, 0.2) is 0 Å². The maximum atomic E-state index is 12.5. The second-order valence-corrected chi connectivity index (χ2v) is 9.95. The maximum Gasteiger partial charge on any atom is 0.219 e. The van der Waals surface area contributed by atoms with Crippen molar-refractivity contribution in [2.75, 3.05) is 46.0 Å². The molecule has 196 valence electrons. The predicted molar refractivity (Wildman–Crippen MR) is 131 cm³/mol. The summed E-state index contributed by atoms with van der Waals surface area (Å²) in [5, 5.41) is 25.8. The van der Waals surface area contributed by atoms with Gasteiger partial charge in [0.15, 0.2) is 0 Å². The lowest BCUT2D eigenvalue weighted by Crippen LogP contribution is -2.50. The summed E-state index contributed by atoms with van der Waals surface area (Å²) in [6.07, 6.45) is -0.233. The predicted octanol–water partition coefficient (Wildman–Crippen LogP) is 1.65. The van der Waals surface area contributed by atoms with Crippen molar-refractivity contribution in [3.8, 4) is 0 Å². The highest BCUT2D eigenvalue weighted by Crippen LogP contribution is 2.16. The minimum absolute atomic E-state index is 0.0447. The molecule has 0 unspecified atom stereocenters. The Hall–Kier alpha value is -1.52. The number of carbonyl (C=O) groups is 1. The number of hydrogen-bond donors (Lipinski definition) is 2. The van der Waals surface area contributed by atoms with Crippen molar-refractivity contribution in [2.45, 2.75) is 78.7 Å². The molecule has 1 saturated heterocycles. The van der Waals surface area contributed by atoms with Crippen LogP contribution in [0.3, 0.4) is 0 Å². The molecule has 1 aliphatic rings. The number of amides is 1. The van der Waals surface area contributed by atoms with E-state index in [4.69, 9.17) is 9.47 Å². The van der Waals surface area contributed by atoms with E-state index in [2.05, 4.69) is 30.8 Å². The molecule has 1 aromatic rings. The van der Waals surface area contributed by atoms with E-state index >= 15 is 0 Å². The standard InChI is InChI=1S/C25H46N4O5/c1-18(2)9-14-34-24-16-29(21(5)30)12-11-28(15-22-19(3)26-27(6)20(22)4)10-7-8-13-33-17-23(31)25(24)32/h18,23-25,31-32H,7-17H2,1-6H3/t23-,24-,25-/m1/s1. The fourth-order valence-electron chi connectivity index (χ4n) is 4.20. The molecule has 2 heterocycles. The Balaban J connectivity index is 2.17. The van der Waals surface area contributed by atoms with E-state index in [1.165, 1.54) is 5.56 Å². The van der Waals surface area contributed by atoms with Gasteiger partial charge < -0.3 is 24.6 Å². The van der Waals surface area contributed by atoms with Gasteiger partial charge in [0, 0.05) is 64.6 Å². The van der Waals surface area contributed by atoms with Gasteiger partial charge in [0.1, 0.15) is 18.3 Å². The van der Waals surface area contributed by atoms with Crippen LogP contribution < -0.4 is 0 Å². The lowest BCUT2D eigenvalue weighted by Gasteiger charge is -2.33. The van der Waals surface area contributed by atoms with E-state index < -0.39 is 18.3 Å². The maximum absolute atomic E-state index is 12.5. The summed E-state index contributed by atoms with van der Waals surface area (Å²) in [6, 6.07) is 0. The Bertz CT molecular complexity index is 754. The third kappa shape index (κ3) is 8.92. The fourth-order valence-corrected chi connectivity index (χ4v) is 4.20. The molecular formula is C25H46N4O5. The quantitative estimate of drug-likeness (QED) is 0.636. The Morgan fingerprint density at radius 1 is 1.21 bits per heavy atom. The van der Waals surface area contributed by atoms with E-state index in [0.29, 0.717) is 32.2 Å². The number of aliphatic hydroxyl groups excluding tert-OH is 2. The van der Waals surface area contributed by atoms with Gasteiger partial charge in [0.2, 0.25) is 5.91 Å². The van der Waals surface area contributed by atoms with Crippen LogP contribution in [-0.2, 0) is 27.9 Å². The molecule has 1 aliphatic heterocycles. The molecule has 0 aromatic carbocycles. The van der Waals surface area contributed by atoms with Crippen LogP contribution in [0.4, 0.5) is 0 Å². The van der Waals surface area contributed by atoms with Crippen molar-refractivity contribution >= 4 is 5.91 Å². The zero-order valence-corrected chi connectivity index (χ0v) is 22.0. The Morgan fingerprint density at radius 2 is 1.94 bits per heavy atom. The highest BCUT2D eigenvalue weighted by molar-refractivity contribution is 5.73. The largest absolute Gasteiger partial charge is 0.388 e. The van der Waals surface area contributed by atoms with Gasteiger partial charge in [-0.05, 0) is 45.6 Å². The van der Waals surface area contributed by atoms with Crippen molar-refractivity contribution in [1.82, 2.24) is 19.6 Å². The molecule has 0 spiro atoms. The van der Waals surface area contributed by atoms with Gasteiger partial charge in [0.05, 0.1) is 12.3 Å². The first-order valence-electron chi connectivity index (χ1n) is 12.6. The molecule has 34 heavy (non-hydrogen) atoms. The topological polar surface area (TPSA) is 100 Å². The molecule has 2 N–H and O–H groups in total. The summed E-state index contributed by atoms with van der Waals surface area (Å²) >= 11 is 0. The summed E-state index contributed by atoms with van der Waals surface area (Å²) in [7, 11) is 1.96. The second kappa shape index (κ2) is 14.1. The van der Waals surface area contributed by atoms with Crippen LogP contribution in [0.25, 0.3) is 0 Å². The highest BCUT2D eigenvalue weighted by Gasteiger charge is 2.30. The summed E-state index contributed by atoms with van der Waals surface area (Å²) in [4.78, 5) is 16.6. The van der Waals surface area contributed by atoms with Crippen LogP contribution in [0, 0.1) is 19.8 Å². The number of rotatable bonds is 6. The second-order valence-electron chi connectivity index (χ2n) is 9.95. The van der Waals surface area contributed by atoms with Gasteiger partial charge in [-0.1, -0.05) is 13.8 Å². The molecule has 2 rings (SSSR count). The molecule has 3 atom stereocenters. The molecule has 0 aliphatic carbocycles. The SMILES string of the molecule is CC(=O)N1CCN(Cc2c(C)nn(C)c2C)CCCCOC[C@@H](O)[C@@H](O)[C@H](OCCC(C)C)C1. The summed E-state index contributed by atoms with van der Waals surface area (Å²) in [5.74, 6) is 0.386. The number of aryl methyl sites for hydroxylation is 2. The van der Waals surface area contributed by atoms with Crippen LogP contribution >= 0.6 is 0 Å². The first kappa shape index (κ1) is 28.7. The zero-order valence-electron chi connectivity index (χ0n) is 22.0. The molecule has 0 radical (unpaired) electrons. The zero-order chi connectivity index (χ0) is 25.3. The Labute approximate surface area is 205 Å². The van der Waals surface area contributed by atoms with Crippen LogP contribution in [0.5, 0.6) is 0 Å². The smallest absolute Gasteiger partial charge is 0.219 e. The van der Waals surface area contributed by atoms with Crippen molar-refractivity contribution < 1.29 is 24.5 Å². The molecule has 9 nitrogen and oxygen atoms in total. The summed E-state index contributed by atoms with van der Waals surface area (Å²) in [5.41, 5.74) is 3.41. The van der Waals surface area contributed by atoms with Gasteiger partial charge in [-0.2, -0.15) is 5.10 Å². The van der Waals surface area contributed by atoms with Crippen molar-refractivity contribution in [3.05, 3.63) is 17.0 Å².